The molecular weight excluding hydrogens is 520 g/mol. The Kier molecular flexibility index (Phi) is 6.34. The molecule has 0 N–H and O–H groups in total. The summed E-state index contributed by atoms with van der Waals surface area (Å²) in [6.45, 7) is 2.18. The van der Waals surface area contributed by atoms with Gasteiger partial charge in [-0.1, -0.05) is 103 Å². The highest BCUT2D eigenvalue weighted by molar-refractivity contribution is 5.85. The Labute approximate surface area is 252 Å². The summed E-state index contributed by atoms with van der Waals surface area (Å²) in [5.41, 5.74) is 13.5. The topological polar surface area (TPSA) is 25.8 Å². The maximum absolute atomic E-state index is 5.07. The van der Waals surface area contributed by atoms with Crippen LogP contribution in [0.4, 0.5) is 0 Å². The monoisotopic (exact) mass is 552 g/mol. The molecule has 0 amide bonds. The molecule has 3 aromatic carbocycles. The van der Waals surface area contributed by atoms with E-state index < -0.39 is 0 Å². The van der Waals surface area contributed by atoms with E-state index in [4.69, 9.17) is 4.98 Å². The Hall–Kier alpha value is -5.08. The molecule has 0 bridgehead atoms. The van der Waals surface area contributed by atoms with Gasteiger partial charge in [-0.2, -0.15) is 0 Å². The average Bonchev–Trinajstić information content (AvgIpc) is 3.08. The second-order valence-corrected chi connectivity index (χ2v) is 11.7. The number of benzene rings is 3. The molecule has 3 aliphatic carbocycles. The molecule has 2 heteroatoms. The van der Waals surface area contributed by atoms with Crippen LogP contribution < -0.4 is 10.4 Å². The van der Waals surface area contributed by atoms with Gasteiger partial charge in [-0.25, -0.2) is 4.98 Å². The Morgan fingerprint density at radius 1 is 0.628 bits per heavy atom. The summed E-state index contributed by atoms with van der Waals surface area (Å²) in [6.07, 6.45) is 15.7. The lowest BCUT2D eigenvalue weighted by Gasteiger charge is -2.35. The van der Waals surface area contributed by atoms with Crippen LogP contribution in [0.2, 0.25) is 0 Å². The molecule has 0 spiro atoms. The molecule has 2 heterocycles. The molecule has 0 saturated heterocycles. The molecule has 0 aliphatic heterocycles. The van der Waals surface area contributed by atoms with Crippen molar-refractivity contribution in [2.75, 3.05) is 0 Å². The van der Waals surface area contributed by atoms with E-state index in [-0.39, 0.29) is 5.92 Å². The van der Waals surface area contributed by atoms with Crippen molar-refractivity contribution in [3.63, 3.8) is 0 Å². The second-order valence-electron chi connectivity index (χ2n) is 11.7. The Morgan fingerprint density at radius 2 is 1.35 bits per heavy atom. The van der Waals surface area contributed by atoms with Gasteiger partial charge >= 0.3 is 0 Å². The van der Waals surface area contributed by atoms with Crippen LogP contribution in [0, 0.1) is 18.8 Å². The molecule has 2 nitrogen and oxygen atoms in total. The zero-order valence-electron chi connectivity index (χ0n) is 24.2. The number of fused-ring (bicyclic) bond motifs is 3. The minimum absolute atomic E-state index is 0.260. The molecular formula is C41H32N2. The van der Waals surface area contributed by atoms with Gasteiger partial charge in [0.25, 0.3) is 0 Å². The quantitative estimate of drug-likeness (QED) is 0.227. The molecule has 0 fully saturated rings. The molecule has 8 rings (SSSR count). The first-order chi connectivity index (χ1) is 21.2. The summed E-state index contributed by atoms with van der Waals surface area (Å²) in [5, 5.41) is 2.70. The molecule has 3 aliphatic rings. The number of pyridine rings is 2. The standard InChI is InChI=1S/C41H32N2/c1-27-20-21-31(26-36(27)37-18-10-19-39(43-37)38-17-8-9-24-42-38)41-34-15-6-4-13-32(34)40(33-14-5-7-16-35(33)41)30-23-22-28-11-2-3-12-29(28)25-30/h2-21,24-26,32,34H,22-23H2,1H3. The number of rotatable bonds is 4. The molecule has 0 radical (unpaired) electrons. The summed E-state index contributed by atoms with van der Waals surface area (Å²) in [5.74, 6) is 0.554. The highest BCUT2D eigenvalue weighted by atomic mass is 14.8. The van der Waals surface area contributed by atoms with E-state index in [0.717, 1.165) is 35.5 Å². The lowest BCUT2D eigenvalue weighted by Crippen LogP contribution is -2.40. The summed E-state index contributed by atoms with van der Waals surface area (Å²) >= 11 is 0. The van der Waals surface area contributed by atoms with Crippen LogP contribution in [0.25, 0.3) is 39.9 Å². The summed E-state index contributed by atoms with van der Waals surface area (Å²) in [7, 11) is 0. The molecule has 2 atom stereocenters. The van der Waals surface area contributed by atoms with E-state index >= 15 is 0 Å². The first-order valence-electron chi connectivity index (χ1n) is 15.2. The van der Waals surface area contributed by atoms with E-state index in [0.29, 0.717) is 5.92 Å². The van der Waals surface area contributed by atoms with Gasteiger partial charge in [-0.05, 0) is 99.5 Å². The molecule has 2 aromatic heterocycles. The maximum atomic E-state index is 5.07. The number of aromatic nitrogens is 2. The minimum atomic E-state index is 0.260. The van der Waals surface area contributed by atoms with E-state index in [1.807, 2.05) is 30.5 Å². The highest BCUT2D eigenvalue weighted by Gasteiger charge is 2.33. The minimum Gasteiger partial charge on any atom is -0.255 e. The zero-order valence-corrected chi connectivity index (χ0v) is 24.2. The zero-order chi connectivity index (χ0) is 28.8. The second kappa shape index (κ2) is 10.6. The van der Waals surface area contributed by atoms with Gasteiger partial charge < -0.3 is 0 Å². The number of nitrogens with zero attached hydrogens (tertiary/aromatic N) is 2. The highest BCUT2D eigenvalue weighted by Crippen LogP contribution is 2.43. The Bertz CT molecular complexity index is 2100. The maximum Gasteiger partial charge on any atom is 0.0893 e. The third-order valence-corrected chi connectivity index (χ3v) is 9.20. The molecule has 0 saturated carbocycles. The van der Waals surface area contributed by atoms with Crippen LogP contribution in [0.5, 0.6) is 0 Å². The van der Waals surface area contributed by atoms with Crippen LogP contribution in [-0.4, -0.2) is 9.97 Å². The van der Waals surface area contributed by atoms with Crippen molar-refractivity contribution in [3.05, 3.63) is 172 Å². The summed E-state index contributed by atoms with van der Waals surface area (Å²) < 4.78 is 0. The number of allylic oxidation sites excluding steroid dienone is 5. The van der Waals surface area contributed by atoms with E-state index in [1.165, 1.54) is 49.4 Å². The molecule has 5 aromatic rings. The predicted octanol–water partition coefficient (Wildman–Crippen LogP) is 7.87. The van der Waals surface area contributed by atoms with Crippen molar-refractivity contribution in [2.24, 2.45) is 11.8 Å². The number of hydrogen-bond donors (Lipinski definition) is 0. The SMILES string of the molecule is Cc1ccc(C2=c3ccccc3=C(C3=Cc4ccccc4CC3)C3C=CC=CC23)cc1-c1cccc(-c2ccccn2)n1. The Balaban J connectivity index is 1.34. The fourth-order valence-electron chi connectivity index (χ4n) is 7.16. The van der Waals surface area contributed by atoms with E-state index in [2.05, 4.69) is 121 Å². The van der Waals surface area contributed by atoms with Gasteiger partial charge in [-0.3, -0.25) is 4.98 Å². The summed E-state index contributed by atoms with van der Waals surface area (Å²) in [6, 6.07) is 37.0. The lowest BCUT2D eigenvalue weighted by molar-refractivity contribution is 0.679. The first kappa shape index (κ1) is 25.6. The van der Waals surface area contributed by atoms with Gasteiger partial charge in [0, 0.05) is 23.6 Å². The third kappa shape index (κ3) is 4.51. The van der Waals surface area contributed by atoms with Crippen LogP contribution >= 0.6 is 0 Å². The predicted molar refractivity (Wildman–Crippen MR) is 177 cm³/mol. The van der Waals surface area contributed by atoms with Crippen LogP contribution in [0.15, 0.2) is 139 Å². The van der Waals surface area contributed by atoms with Crippen LogP contribution in [0.1, 0.15) is 28.7 Å². The largest absolute Gasteiger partial charge is 0.255 e. The van der Waals surface area contributed by atoms with Crippen LogP contribution in [0.3, 0.4) is 0 Å². The average molecular weight is 553 g/mol. The lowest BCUT2D eigenvalue weighted by atomic mass is 9.68. The fraction of sp³-hybridized carbons (Fsp3) is 0.122. The van der Waals surface area contributed by atoms with Crippen molar-refractivity contribution in [3.8, 4) is 22.6 Å². The van der Waals surface area contributed by atoms with Gasteiger partial charge in [0.1, 0.15) is 0 Å². The summed E-state index contributed by atoms with van der Waals surface area (Å²) in [4.78, 5) is 9.61. The van der Waals surface area contributed by atoms with E-state index in [1.54, 1.807) is 0 Å². The van der Waals surface area contributed by atoms with Crippen molar-refractivity contribution in [1.29, 1.82) is 0 Å². The smallest absolute Gasteiger partial charge is 0.0893 e. The third-order valence-electron chi connectivity index (χ3n) is 9.20. The van der Waals surface area contributed by atoms with Gasteiger partial charge in [-0.15, -0.1) is 0 Å². The number of hydrogen-bond acceptors (Lipinski definition) is 2. The van der Waals surface area contributed by atoms with Crippen molar-refractivity contribution >= 4 is 17.2 Å². The van der Waals surface area contributed by atoms with Crippen molar-refractivity contribution in [1.82, 2.24) is 9.97 Å². The van der Waals surface area contributed by atoms with Crippen LogP contribution in [-0.2, 0) is 6.42 Å². The van der Waals surface area contributed by atoms with Gasteiger partial charge in [0.2, 0.25) is 0 Å². The van der Waals surface area contributed by atoms with Gasteiger partial charge in [0.05, 0.1) is 17.1 Å². The van der Waals surface area contributed by atoms with Gasteiger partial charge in [0.15, 0.2) is 0 Å². The fourth-order valence-corrected chi connectivity index (χ4v) is 7.16. The Morgan fingerprint density at radius 3 is 2.19 bits per heavy atom. The van der Waals surface area contributed by atoms with Crippen molar-refractivity contribution < 1.29 is 0 Å². The number of aryl methyl sites for hydroxylation is 2. The molecule has 43 heavy (non-hydrogen) atoms. The molecule has 206 valence electrons. The normalized spacial score (nSPS) is 18.5. The van der Waals surface area contributed by atoms with E-state index in [9.17, 15) is 0 Å². The first-order valence-corrected chi connectivity index (χ1v) is 15.2. The molecule has 2 unspecified atom stereocenters. The van der Waals surface area contributed by atoms with Crippen molar-refractivity contribution in [2.45, 2.75) is 19.8 Å².